The fourth-order valence-corrected chi connectivity index (χ4v) is 1.95. The van der Waals surface area contributed by atoms with E-state index in [1.807, 2.05) is 23.1 Å². The van der Waals surface area contributed by atoms with Gasteiger partial charge in [0.2, 0.25) is 0 Å². The van der Waals surface area contributed by atoms with Crippen LogP contribution in [0.5, 0.6) is 0 Å². The smallest absolute Gasteiger partial charge is 0.325 e. The minimum atomic E-state index is -1.09. The molecule has 86 valence electrons. The van der Waals surface area contributed by atoms with Crippen molar-refractivity contribution in [2.45, 2.75) is 18.5 Å². The Balaban J connectivity index is 1.98. The first-order valence-electron chi connectivity index (χ1n) is 5.25. The molecular formula is C11H15N3O2. The maximum absolute atomic E-state index is 11.0. The predicted molar refractivity (Wildman–Crippen MR) is 58.7 cm³/mol. The summed E-state index contributed by atoms with van der Waals surface area (Å²) >= 11 is 0. The van der Waals surface area contributed by atoms with Gasteiger partial charge in [-0.15, -0.1) is 0 Å². The molecule has 1 aromatic rings. The number of carboxylic acid groups (broad SMARTS) is 1. The lowest BCUT2D eigenvalue weighted by Crippen LogP contribution is -2.50. The molecule has 0 amide bonds. The SMILES string of the molecule is NC1(C(=O)O)CCN(Cc2ccccn2)C1. The average molecular weight is 221 g/mol. The highest BCUT2D eigenvalue weighted by Crippen LogP contribution is 2.20. The summed E-state index contributed by atoms with van der Waals surface area (Å²) in [4.78, 5) is 17.2. The zero-order valence-corrected chi connectivity index (χ0v) is 8.97. The van der Waals surface area contributed by atoms with E-state index < -0.39 is 11.5 Å². The maximum atomic E-state index is 11.0. The van der Waals surface area contributed by atoms with Crippen LogP contribution in [0.4, 0.5) is 0 Å². The molecule has 16 heavy (non-hydrogen) atoms. The number of carboxylic acids is 1. The van der Waals surface area contributed by atoms with Crippen molar-refractivity contribution < 1.29 is 9.90 Å². The van der Waals surface area contributed by atoms with Crippen LogP contribution in [0.25, 0.3) is 0 Å². The zero-order chi connectivity index (χ0) is 11.6. The molecule has 1 aromatic heterocycles. The van der Waals surface area contributed by atoms with Gasteiger partial charge in [-0.05, 0) is 18.6 Å². The number of pyridine rings is 1. The first-order chi connectivity index (χ1) is 7.60. The number of aromatic nitrogens is 1. The van der Waals surface area contributed by atoms with E-state index in [4.69, 9.17) is 10.8 Å². The average Bonchev–Trinajstić information content (AvgIpc) is 2.63. The van der Waals surface area contributed by atoms with E-state index in [9.17, 15) is 4.79 Å². The van der Waals surface area contributed by atoms with Crippen LogP contribution < -0.4 is 5.73 Å². The molecule has 2 rings (SSSR count). The third-order valence-electron chi connectivity index (χ3n) is 2.92. The topological polar surface area (TPSA) is 79.5 Å². The second kappa shape index (κ2) is 4.19. The Morgan fingerprint density at radius 1 is 1.62 bits per heavy atom. The number of hydrogen-bond acceptors (Lipinski definition) is 4. The van der Waals surface area contributed by atoms with Gasteiger partial charge in [0.1, 0.15) is 5.54 Å². The zero-order valence-electron chi connectivity index (χ0n) is 8.97. The summed E-state index contributed by atoms with van der Waals surface area (Å²) in [6.45, 7) is 1.76. The van der Waals surface area contributed by atoms with Crippen molar-refractivity contribution >= 4 is 5.97 Å². The molecule has 1 aliphatic heterocycles. The number of hydrogen-bond donors (Lipinski definition) is 2. The molecular weight excluding hydrogens is 206 g/mol. The summed E-state index contributed by atoms with van der Waals surface area (Å²) in [5, 5.41) is 8.99. The van der Waals surface area contributed by atoms with Gasteiger partial charge in [0, 0.05) is 25.8 Å². The molecule has 1 unspecified atom stereocenters. The molecule has 0 spiro atoms. The van der Waals surface area contributed by atoms with Gasteiger partial charge in [-0.25, -0.2) is 0 Å². The van der Waals surface area contributed by atoms with Gasteiger partial charge in [-0.2, -0.15) is 0 Å². The Kier molecular flexibility index (Phi) is 2.89. The van der Waals surface area contributed by atoms with Crippen molar-refractivity contribution in [3.63, 3.8) is 0 Å². The van der Waals surface area contributed by atoms with Crippen LogP contribution in [0.15, 0.2) is 24.4 Å². The van der Waals surface area contributed by atoms with Crippen LogP contribution in [0.2, 0.25) is 0 Å². The van der Waals surface area contributed by atoms with Crippen LogP contribution in [-0.4, -0.2) is 39.6 Å². The van der Waals surface area contributed by atoms with Gasteiger partial charge < -0.3 is 10.8 Å². The van der Waals surface area contributed by atoms with Crippen LogP contribution in [-0.2, 0) is 11.3 Å². The van der Waals surface area contributed by atoms with Crippen LogP contribution in [0.1, 0.15) is 12.1 Å². The number of nitrogens with two attached hydrogens (primary N) is 1. The van der Waals surface area contributed by atoms with Gasteiger partial charge in [0.15, 0.2) is 0 Å². The molecule has 0 bridgehead atoms. The predicted octanol–water partition coefficient (Wildman–Crippen LogP) is 0.0694. The largest absolute Gasteiger partial charge is 0.480 e. The number of nitrogens with zero attached hydrogens (tertiary/aromatic N) is 2. The number of aliphatic carboxylic acids is 1. The second-order valence-electron chi connectivity index (χ2n) is 4.24. The van der Waals surface area contributed by atoms with Crippen molar-refractivity contribution in [1.29, 1.82) is 0 Å². The molecule has 3 N–H and O–H groups in total. The fraction of sp³-hybridized carbons (Fsp3) is 0.455. The number of likely N-dealkylation sites (tertiary alicyclic amines) is 1. The lowest BCUT2D eigenvalue weighted by atomic mass is 10.0. The summed E-state index contributed by atoms with van der Waals surface area (Å²) in [6.07, 6.45) is 2.23. The summed E-state index contributed by atoms with van der Waals surface area (Å²) in [6, 6.07) is 5.71. The molecule has 0 aromatic carbocycles. The number of carbonyl (C=O) groups is 1. The van der Waals surface area contributed by atoms with Gasteiger partial charge in [-0.1, -0.05) is 6.07 Å². The van der Waals surface area contributed by atoms with E-state index >= 15 is 0 Å². The van der Waals surface area contributed by atoms with E-state index in [2.05, 4.69) is 4.98 Å². The number of rotatable bonds is 3. The molecule has 2 heterocycles. The quantitative estimate of drug-likeness (QED) is 0.755. The van der Waals surface area contributed by atoms with Crippen molar-refractivity contribution in [2.75, 3.05) is 13.1 Å². The standard InChI is InChI=1S/C11H15N3O2/c12-11(10(15)16)4-6-14(8-11)7-9-3-1-2-5-13-9/h1-3,5H,4,6-8,12H2,(H,15,16). The van der Waals surface area contributed by atoms with E-state index in [0.29, 0.717) is 26.1 Å². The summed E-state index contributed by atoms with van der Waals surface area (Å²) in [7, 11) is 0. The first kappa shape index (κ1) is 11.0. The van der Waals surface area contributed by atoms with E-state index in [1.165, 1.54) is 0 Å². The van der Waals surface area contributed by atoms with Crippen molar-refractivity contribution in [2.24, 2.45) is 5.73 Å². The van der Waals surface area contributed by atoms with Gasteiger partial charge >= 0.3 is 5.97 Å². The molecule has 1 fully saturated rings. The molecule has 0 saturated carbocycles. The molecule has 1 aliphatic rings. The minimum Gasteiger partial charge on any atom is -0.480 e. The lowest BCUT2D eigenvalue weighted by Gasteiger charge is -2.19. The molecule has 0 aliphatic carbocycles. The van der Waals surface area contributed by atoms with Gasteiger partial charge in [-0.3, -0.25) is 14.7 Å². The van der Waals surface area contributed by atoms with Crippen molar-refractivity contribution in [1.82, 2.24) is 9.88 Å². The Morgan fingerprint density at radius 3 is 3.00 bits per heavy atom. The normalized spacial score (nSPS) is 25.8. The summed E-state index contributed by atoms with van der Waals surface area (Å²) in [5.74, 6) is -0.920. The minimum absolute atomic E-state index is 0.388. The summed E-state index contributed by atoms with van der Waals surface area (Å²) < 4.78 is 0. The van der Waals surface area contributed by atoms with Crippen LogP contribution in [0, 0.1) is 0 Å². The Bertz CT molecular complexity index is 382. The highest BCUT2D eigenvalue weighted by Gasteiger charge is 2.41. The van der Waals surface area contributed by atoms with E-state index in [1.54, 1.807) is 6.20 Å². The van der Waals surface area contributed by atoms with E-state index in [-0.39, 0.29) is 0 Å². The van der Waals surface area contributed by atoms with Gasteiger partial charge in [0.25, 0.3) is 0 Å². The van der Waals surface area contributed by atoms with Crippen LogP contribution in [0.3, 0.4) is 0 Å². The molecule has 5 heteroatoms. The van der Waals surface area contributed by atoms with Crippen molar-refractivity contribution in [3.8, 4) is 0 Å². The monoisotopic (exact) mass is 221 g/mol. The van der Waals surface area contributed by atoms with E-state index in [0.717, 1.165) is 5.69 Å². The maximum Gasteiger partial charge on any atom is 0.325 e. The Hall–Kier alpha value is -1.46. The lowest BCUT2D eigenvalue weighted by molar-refractivity contribution is -0.142. The highest BCUT2D eigenvalue weighted by molar-refractivity contribution is 5.79. The van der Waals surface area contributed by atoms with Gasteiger partial charge in [0.05, 0.1) is 5.69 Å². The molecule has 5 nitrogen and oxygen atoms in total. The second-order valence-corrected chi connectivity index (χ2v) is 4.24. The van der Waals surface area contributed by atoms with Crippen LogP contribution >= 0.6 is 0 Å². The molecule has 1 saturated heterocycles. The Labute approximate surface area is 93.9 Å². The van der Waals surface area contributed by atoms with Crippen molar-refractivity contribution in [3.05, 3.63) is 30.1 Å². The third kappa shape index (κ3) is 2.20. The third-order valence-corrected chi connectivity index (χ3v) is 2.92. The highest BCUT2D eigenvalue weighted by atomic mass is 16.4. The fourth-order valence-electron chi connectivity index (χ4n) is 1.95. The molecule has 0 radical (unpaired) electrons. The summed E-state index contributed by atoms with van der Waals surface area (Å²) in [5.41, 5.74) is 5.64. The first-order valence-corrected chi connectivity index (χ1v) is 5.25. The molecule has 1 atom stereocenters. The Morgan fingerprint density at radius 2 is 2.44 bits per heavy atom.